The van der Waals surface area contributed by atoms with Gasteiger partial charge in [0.15, 0.2) is 0 Å². The lowest BCUT2D eigenvalue weighted by Crippen LogP contribution is -1.98. The number of dihydropyridines is 1. The summed E-state index contributed by atoms with van der Waals surface area (Å²) < 4.78 is 12.8. The van der Waals surface area contributed by atoms with Crippen LogP contribution in [0.2, 0.25) is 0 Å². The Balaban J connectivity index is 1.91. The highest BCUT2D eigenvalue weighted by molar-refractivity contribution is 8.04. The van der Waals surface area contributed by atoms with Crippen LogP contribution < -0.4 is 5.32 Å². The molecule has 0 spiro atoms. The van der Waals surface area contributed by atoms with E-state index in [2.05, 4.69) is 17.5 Å². The van der Waals surface area contributed by atoms with Crippen molar-refractivity contribution in [2.45, 2.75) is 5.25 Å². The Morgan fingerprint density at radius 1 is 1.19 bits per heavy atom. The topological polar surface area (TPSA) is 12.0 Å². The van der Waals surface area contributed by atoms with Crippen LogP contribution in [-0.4, -0.2) is 0 Å². The lowest BCUT2D eigenvalue weighted by molar-refractivity contribution is 0.627. The zero-order valence-electron chi connectivity index (χ0n) is 8.48. The minimum Gasteiger partial charge on any atom is -0.367 e. The zero-order valence-corrected chi connectivity index (χ0v) is 9.30. The standard InChI is InChI=1S/C13H10FNS/c14-11-3-1-9(2-4-11)12-7-10-5-6-15-8-13(10)16-12/h1-8,12,15H. The Kier molecular flexibility index (Phi) is 2.33. The molecule has 1 atom stereocenters. The molecular formula is C13H10FNS. The van der Waals surface area contributed by atoms with Gasteiger partial charge in [-0.3, -0.25) is 0 Å². The van der Waals surface area contributed by atoms with Crippen LogP contribution in [0, 0.1) is 5.82 Å². The highest BCUT2D eigenvalue weighted by atomic mass is 32.2. The highest BCUT2D eigenvalue weighted by Crippen LogP contribution is 2.46. The number of hydrogen-bond donors (Lipinski definition) is 1. The molecule has 0 amide bonds. The molecule has 1 unspecified atom stereocenters. The Bertz CT molecular complexity index is 499. The zero-order chi connectivity index (χ0) is 11.0. The number of thioether (sulfide) groups is 1. The molecule has 0 bridgehead atoms. The Morgan fingerprint density at radius 3 is 2.75 bits per heavy atom. The van der Waals surface area contributed by atoms with Crippen LogP contribution in [0.15, 0.2) is 59.3 Å². The first kappa shape index (κ1) is 9.73. The van der Waals surface area contributed by atoms with E-state index in [0.717, 1.165) is 5.56 Å². The van der Waals surface area contributed by atoms with Crippen molar-refractivity contribution in [3.8, 4) is 0 Å². The van der Waals surface area contributed by atoms with Gasteiger partial charge in [-0.2, -0.15) is 0 Å². The number of fused-ring (bicyclic) bond motifs is 1. The SMILES string of the molecule is Fc1ccc(C2C=C3C=CNC=C3S2)cc1. The third-order valence-electron chi connectivity index (χ3n) is 2.64. The van der Waals surface area contributed by atoms with Crippen molar-refractivity contribution < 1.29 is 4.39 Å². The van der Waals surface area contributed by atoms with Gasteiger partial charge in [-0.25, -0.2) is 4.39 Å². The quantitative estimate of drug-likeness (QED) is 0.794. The van der Waals surface area contributed by atoms with E-state index in [0.29, 0.717) is 5.25 Å². The van der Waals surface area contributed by atoms with Crippen LogP contribution >= 0.6 is 11.8 Å². The van der Waals surface area contributed by atoms with Gasteiger partial charge in [0, 0.05) is 17.3 Å². The fraction of sp³-hybridized carbons (Fsp3) is 0.0769. The maximum atomic E-state index is 12.8. The number of rotatable bonds is 1. The van der Waals surface area contributed by atoms with Crippen molar-refractivity contribution in [2.24, 2.45) is 0 Å². The molecule has 2 aliphatic heterocycles. The van der Waals surface area contributed by atoms with Gasteiger partial charge in [0.25, 0.3) is 0 Å². The minimum absolute atomic E-state index is 0.183. The Morgan fingerprint density at radius 2 is 2.00 bits per heavy atom. The first-order chi connectivity index (χ1) is 7.83. The minimum atomic E-state index is -0.183. The van der Waals surface area contributed by atoms with Crippen LogP contribution in [0.4, 0.5) is 4.39 Å². The van der Waals surface area contributed by atoms with Crippen molar-refractivity contribution >= 4 is 11.8 Å². The molecular weight excluding hydrogens is 221 g/mol. The summed E-state index contributed by atoms with van der Waals surface area (Å²) in [7, 11) is 0. The second-order valence-corrected chi connectivity index (χ2v) is 4.90. The van der Waals surface area contributed by atoms with Crippen molar-refractivity contribution in [3.05, 3.63) is 70.7 Å². The molecule has 1 aromatic carbocycles. The molecule has 80 valence electrons. The van der Waals surface area contributed by atoms with Gasteiger partial charge < -0.3 is 5.32 Å². The summed E-state index contributed by atoms with van der Waals surface area (Å²) in [6.45, 7) is 0. The molecule has 3 heteroatoms. The summed E-state index contributed by atoms with van der Waals surface area (Å²) in [6.07, 6.45) is 8.19. The summed E-state index contributed by atoms with van der Waals surface area (Å²) in [5, 5.41) is 3.37. The lowest BCUT2D eigenvalue weighted by atomic mass is 10.1. The van der Waals surface area contributed by atoms with E-state index < -0.39 is 0 Å². The van der Waals surface area contributed by atoms with Crippen LogP contribution in [0.1, 0.15) is 10.8 Å². The van der Waals surface area contributed by atoms with E-state index in [1.54, 1.807) is 11.8 Å². The van der Waals surface area contributed by atoms with Gasteiger partial charge in [-0.15, -0.1) is 11.8 Å². The maximum Gasteiger partial charge on any atom is 0.123 e. The number of halogens is 1. The Labute approximate surface area is 97.7 Å². The normalized spacial score (nSPS) is 22.2. The van der Waals surface area contributed by atoms with Crippen LogP contribution in [-0.2, 0) is 0 Å². The van der Waals surface area contributed by atoms with E-state index in [4.69, 9.17) is 0 Å². The van der Waals surface area contributed by atoms with Gasteiger partial charge in [0.05, 0.1) is 5.25 Å². The van der Waals surface area contributed by atoms with Crippen LogP contribution in [0.25, 0.3) is 0 Å². The number of benzene rings is 1. The monoisotopic (exact) mass is 231 g/mol. The molecule has 3 rings (SSSR count). The molecule has 0 saturated heterocycles. The molecule has 1 N–H and O–H groups in total. The third kappa shape index (κ3) is 1.67. The molecule has 16 heavy (non-hydrogen) atoms. The maximum absolute atomic E-state index is 12.8. The van der Waals surface area contributed by atoms with Gasteiger partial charge in [-0.1, -0.05) is 18.2 Å². The highest BCUT2D eigenvalue weighted by Gasteiger charge is 2.22. The van der Waals surface area contributed by atoms with E-state index >= 15 is 0 Å². The fourth-order valence-electron chi connectivity index (χ4n) is 1.82. The van der Waals surface area contributed by atoms with Crippen molar-refractivity contribution in [2.75, 3.05) is 0 Å². The predicted octanol–water partition coefficient (Wildman–Crippen LogP) is 3.50. The van der Waals surface area contributed by atoms with Crippen molar-refractivity contribution in [3.63, 3.8) is 0 Å². The van der Waals surface area contributed by atoms with Crippen LogP contribution in [0.3, 0.4) is 0 Å². The van der Waals surface area contributed by atoms with E-state index in [9.17, 15) is 4.39 Å². The molecule has 0 saturated carbocycles. The van der Waals surface area contributed by atoms with Gasteiger partial charge >= 0.3 is 0 Å². The molecule has 0 radical (unpaired) electrons. The first-order valence-electron chi connectivity index (χ1n) is 5.10. The summed E-state index contributed by atoms with van der Waals surface area (Å²) in [6, 6.07) is 6.72. The number of allylic oxidation sites excluding steroid dienone is 2. The van der Waals surface area contributed by atoms with E-state index in [1.807, 2.05) is 24.5 Å². The molecule has 1 aromatic rings. The van der Waals surface area contributed by atoms with Crippen molar-refractivity contribution in [1.82, 2.24) is 5.32 Å². The Hall–Kier alpha value is -1.48. The second kappa shape index (κ2) is 3.83. The van der Waals surface area contributed by atoms with Gasteiger partial charge in [0.1, 0.15) is 5.82 Å². The van der Waals surface area contributed by atoms with E-state index in [-0.39, 0.29) is 5.82 Å². The van der Waals surface area contributed by atoms with Gasteiger partial charge in [-0.05, 0) is 29.3 Å². The third-order valence-corrected chi connectivity index (χ3v) is 3.91. The fourth-order valence-corrected chi connectivity index (χ4v) is 3.01. The smallest absolute Gasteiger partial charge is 0.123 e. The lowest BCUT2D eigenvalue weighted by Gasteiger charge is -2.08. The average Bonchev–Trinajstić information content (AvgIpc) is 2.73. The van der Waals surface area contributed by atoms with Gasteiger partial charge in [0.2, 0.25) is 0 Å². The molecule has 2 aliphatic rings. The van der Waals surface area contributed by atoms with Crippen LogP contribution in [0.5, 0.6) is 0 Å². The summed E-state index contributed by atoms with van der Waals surface area (Å²) in [5.41, 5.74) is 2.39. The molecule has 1 nitrogen and oxygen atoms in total. The summed E-state index contributed by atoms with van der Waals surface area (Å²) in [4.78, 5) is 1.25. The predicted molar refractivity (Wildman–Crippen MR) is 65.2 cm³/mol. The largest absolute Gasteiger partial charge is 0.367 e. The summed E-state index contributed by atoms with van der Waals surface area (Å²) >= 11 is 1.79. The molecule has 0 aromatic heterocycles. The molecule has 0 aliphatic carbocycles. The molecule has 2 heterocycles. The van der Waals surface area contributed by atoms with Crippen molar-refractivity contribution in [1.29, 1.82) is 0 Å². The summed E-state index contributed by atoms with van der Waals surface area (Å²) in [5.74, 6) is -0.183. The van der Waals surface area contributed by atoms with E-state index in [1.165, 1.54) is 22.6 Å². The number of hydrogen-bond acceptors (Lipinski definition) is 2. The average molecular weight is 231 g/mol. The molecule has 0 fully saturated rings. The first-order valence-corrected chi connectivity index (χ1v) is 5.98. The second-order valence-electron chi connectivity index (χ2n) is 3.72. The number of nitrogens with one attached hydrogen (secondary N) is 1.